The number of hydrogen-bond acceptors (Lipinski definition) is 2. The van der Waals surface area contributed by atoms with E-state index in [9.17, 15) is 0 Å². The molecule has 1 aliphatic rings. The first-order valence-electron chi connectivity index (χ1n) is 8.21. The van der Waals surface area contributed by atoms with E-state index < -0.39 is 0 Å². The van der Waals surface area contributed by atoms with Gasteiger partial charge in [-0.15, -0.1) is 0 Å². The van der Waals surface area contributed by atoms with Crippen molar-refractivity contribution in [1.82, 2.24) is 5.32 Å². The number of rotatable bonds is 7. The van der Waals surface area contributed by atoms with Crippen molar-refractivity contribution in [3.8, 4) is 5.75 Å². The Morgan fingerprint density at radius 3 is 2.67 bits per heavy atom. The zero-order chi connectivity index (χ0) is 15.2. The molecule has 21 heavy (non-hydrogen) atoms. The maximum absolute atomic E-state index is 6.29. The fourth-order valence-corrected chi connectivity index (χ4v) is 3.46. The second-order valence-corrected chi connectivity index (χ2v) is 6.90. The monoisotopic (exact) mass is 309 g/mol. The van der Waals surface area contributed by atoms with Crippen LogP contribution in [-0.2, 0) is 0 Å². The molecule has 1 N–H and O–H groups in total. The van der Waals surface area contributed by atoms with Gasteiger partial charge < -0.3 is 10.1 Å². The summed E-state index contributed by atoms with van der Waals surface area (Å²) in [7, 11) is 0. The highest BCUT2D eigenvalue weighted by molar-refractivity contribution is 6.31. The third-order valence-electron chi connectivity index (χ3n) is 4.36. The lowest BCUT2D eigenvalue weighted by Crippen LogP contribution is -2.26. The largest absolute Gasteiger partial charge is 0.492 e. The van der Waals surface area contributed by atoms with Crippen molar-refractivity contribution >= 4 is 11.6 Å². The molecular formula is C18H28ClNO. The summed E-state index contributed by atoms with van der Waals surface area (Å²) in [5, 5.41) is 4.36. The summed E-state index contributed by atoms with van der Waals surface area (Å²) >= 11 is 6.29. The molecule has 1 aliphatic carbocycles. The Morgan fingerprint density at radius 1 is 1.29 bits per heavy atom. The van der Waals surface area contributed by atoms with E-state index in [1.807, 2.05) is 6.07 Å². The fourth-order valence-electron chi connectivity index (χ4n) is 3.02. The minimum Gasteiger partial charge on any atom is -0.492 e. The average molecular weight is 310 g/mol. The van der Waals surface area contributed by atoms with Gasteiger partial charge >= 0.3 is 0 Å². The number of ether oxygens (including phenoxy) is 1. The summed E-state index contributed by atoms with van der Waals surface area (Å²) in [5.41, 5.74) is 2.27. The zero-order valence-electron chi connectivity index (χ0n) is 13.5. The van der Waals surface area contributed by atoms with E-state index in [4.69, 9.17) is 16.3 Å². The molecule has 0 aromatic heterocycles. The van der Waals surface area contributed by atoms with Crippen LogP contribution in [0.4, 0.5) is 0 Å². The second kappa shape index (κ2) is 8.05. The molecule has 1 saturated carbocycles. The van der Waals surface area contributed by atoms with Crippen molar-refractivity contribution in [2.75, 3.05) is 19.7 Å². The summed E-state index contributed by atoms with van der Waals surface area (Å²) in [4.78, 5) is 0. The molecule has 0 spiro atoms. The molecule has 2 nitrogen and oxygen atoms in total. The Bertz CT molecular complexity index is 453. The molecule has 3 heteroatoms. The molecule has 1 aromatic rings. The molecule has 0 aliphatic heterocycles. The lowest BCUT2D eigenvalue weighted by Gasteiger charge is -2.15. The molecule has 0 unspecified atom stereocenters. The van der Waals surface area contributed by atoms with E-state index in [0.717, 1.165) is 40.9 Å². The Kier molecular flexibility index (Phi) is 6.38. The first-order chi connectivity index (χ1) is 10.1. The van der Waals surface area contributed by atoms with Gasteiger partial charge in [-0.05, 0) is 61.4 Å². The van der Waals surface area contributed by atoms with Crippen LogP contribution < -0.4 is 10.1 Å². The van der Waals surface area contributed by atoms with Crippen molar-refractivity contribution in [3.05, 3.63) is 28.3 Å². The van der Waals surface area contributed by atoms with Crippen LogP contribution in [0.2, 0.25) is 5.02 Å². The van der Waals surface area contributed by atoms with E-state index in [2.05, 4.69) is 32.2 Å². The van der Waals surface area contributed by atoms with E-state index in [-0.39, 0.29) is 0 Å². The highest BCUT2D eigenvalue weighted by atomic mass is 35.5. The molecular weight excluding hydrogens is 282 g/mol. The van der Waals surface area contributed by atoms with Gasteiger partial charge in [0.1, 0.15) is 12.4 Å². The van der Waals surface area contributed by atoms with Gasteiger partial charge in [-0.3, -0.25) is 0 Å². The van der Waals surface area contributed by atoms with Crippen molar-refractivity contribution < 1.29 is 4.74 Å². The first kappa shape index (κ1) is 16.6. The highest BCUT2D eigenvalue weighted by Crippen LogP contribution is 2.31. The van der Waals surface area contributed by atoms with Gasteiger partial charge in [0, 0.05) is 11.6 Å². The third-order valence-corrected chi connectivity index (χ3v) is 4.69. The van der Waals surface area contributed by atoms with Crippen molar-refractivity contribution in [1.29, 1.82) is 0 Å². The molecule has 0 heterocycles. The van der Waals surface area contributed by atoms with Gasteiger partial charge in [0.2, 0.25) is 0 Å². The molecule has 118 valence electrons. The topological polar surface area (TPSA) is 21.3 Å². The van der Waals surface area contributed by atoms with Gasteiger partial charge in [-0.25, -0.2) is 0 Å². The lowest BCUT2D eigenvalue weighted by atomic mass is 10.0. The van der Waals surface area contributed by atoms with Gasteiger partial charge in [-0.1, -0.05) is 38.3 Å². The molecule has 0 atom stereocenters. The fraction of sp³-hybridized carbons (Fsp3) is 0.667. The lowest BCUT2D eigenvalue weighted by molar-refractivity contribution is 0.306. The van der Waals surface area contributed by atoms with Crippen LogP contribution in [0.3, 0.4) is 0 Å². The quantitative estimate of drug-likeness (QED) is 0.721. The normalized spacial score (nSPS) is 15.9. The Balaban J connectivity index is 1.78. The standard InChI is InChI=1S/C18H28ClNO/c1-13(2)16-11-18(14(3)10-17(16)19)21-9-8-20-12-15-6-4-5-7-15/h10-11,13,15,20H,4-9,12H2,1-3H3. The van der Waals surface area contributed by atoms with Crippen LogP contribution >= 0.6 is 11.6 Å². The highest BCUT2D eigenvalue weighted by Gasteiger charge is 2.14. The number of hydrogen-bond donors (Lipinski definition) is 1. The summed E-state index contributed by atoms with van der Waals surface area (Å²) < 4.78 is 5.93. The van der Waals surface area contributed by atoms with Crippen LogP contribution in [0.25, 0.3) is 0 Å². The Morgan fingerprint density at radius 2 is 2.00 bits per heavy atom. The van der Waals surface area contributed by atoms with Crippen LogP contribution in [-0.4, -0.2) is 19.7 Å². The van der Waals surface area contributed by atoms with E-state index in [0.29, 0.717) is 12.5 Å². The minimum absolute atomic E-state index is 0.418. The van der Waals surface area contributed by atoms with Crippen LogP contribution in [0.5, 0.6) is 5.75 Å². The van der Waals surface area contributed by atoms with Crippen LogP contribution in [0, 0.1) is 12.8 Å². The molecule has 0 amide bonds. The van der Waals surface area contributed by atoms with Crippen molar-refractivity contribution in [2.45, 2.75) is 52.4 Å². The zero-order valence-corrected chi connectivity index (χ0v) is 14.3. The average Bonchev–Trinajstić information content (AvgIpc) is 2.93. The van der Waals surface area contributed by atoms with E-state index >= 15 is 0 Å². The molecule has 1 fully saturated rings. The smallest absolute Gasteiger partial charge is 0.122 e. The predicted molar refractivity (Wildman–Crippen MR) is 90.6 cm³/mol. The maximum Gasteiger partial charge on any atom is 0.122 e. The molecule has 0 bridgehead atoms. The second-order valence-electron chi connectivity index (χ2n) is 6.50. The number of nitrogens with one attached hydrogen (secondary N) is 1. The van der Waals surface area contributed by atoms with Crippen LogP contribution in [0.15, 0.2) is 12.1 Å². The van der Waals surface area contributed by atoms with Gasteiger partial charge in [0.05, 0.1) is 0 Å². The van der Waals surface area contributed by atoms with E-state index in [1.54, 1.807) is 0 Å². The Labute approximate surface area is 134 Å². The summed E-state index contributed by atoms with van der Waals surface area (Å²) in [6.07, 6.45) is 5.60. The molecule has 1 aromatic carbocycles. The Hall–Kier alpha value is -0.730. The minimum atomic E-state index is 0.418. The van der Waals surface area contributed by atoms with E-state index in [1.165, 1.54) is 25.7 Å². The summed E-state index contributed by atoms with van der Waals surface area (Å²) in [6.45, 7) is 9.13. The summed E-state index contributed by atoms with van der Waals surface area (Å²) in [5.74, 6) is 2.27. The van der Waals surface area contributed by atoms with Crippen molar-refractivity contribution in [3.63, 3.8) is 0 Å². The van der Waals surface area contributed by atoms with Crippen molar-refractivity contribution in [2.24, 2.45) is 5.92 Å². The van der Waals surface area contributed by atoms with Gasteiger partial charge in [-0.2, -0.15) is 0 Å². The predicted octanol–water partition coefficient (Wildman–Crippen LogP) is 4.93. The SMILES string of the molecule is Cc1cc(Cl)c(C(C)C)cc1OCCNCC1CCCC1. The summed E-state index contributed by atoms with van der Waals surface area (Å²) in [6, 6.07) is 4.11. The third kappa shape index (κ3) is 4.89. The molecule has 2 rings (SSSR count). The molecule has 0 saturated heterocycles. The van der Waals surface area contributed by atoms with Gasteiger partial charge in [0.15, 0.2) is 0 Å². The van der Waals surface area contributed by atoms with Gasteiger partial charge in [0.25, 0.3) is 0 Å². The maximum atomic E-state index is 6.29. The first-order valence-corrected chi connectivity index (χ1v) is 8.59. The number of benzene rings is 1. The number of halogens is 1. The molecule has 0 radical (unpaired) electrons. The number of aryl methyl sites for hydroxylation is 1. The van der Waals surface area contributed by atoms with Crippen LogP contribution in [0.1, 0.15) is 56.6 Å².